The lowest BCUT2D eigenvalue weighted by Gasteiger charge is -2.18. The third-order valence-corrected chi connectivity index (χ3v) is 2.44. The molecule has 1 aromatic carbocycles. The highest BCUT2D eigenvalue weighted by atomic mass is 16.1. The molecule has 0 bridgehead atoms. The van der Waals surface area contributed by atoms with Gasteiger partial charge in [0.2, 0.25) is 0 Å². The highest BCUT2D eigenvalue weighted by Gasteiger charge is 2.13. The van der Waals surface area contributed by atoms with Gasteiger partial charge in [0.1, 0.15) is 0 Å². The first-order valence-electron chi connectivity index (χ1n) is 5.73. The van der Waals surface area contributed by atoms with Crippen LogP contribution in [0.15, 0.2) is 30.6 Å². The molecule has 0 fully saturated rings. The standard InChI is InChI=1S/C13H16N4O/c1-13(2,14)8-17-12(18)9-3-4-10-11(7-9)16-6-5-15-10/h3-7H,8,14H2,1-2H3,(H,17,18). The Kier molecular flexibility index (Phi) is 3.25. The monoisotopic (exact) mass is 244 g/mol. The molecule has 3 N–H and O–H groups in total. The van der Waals surface area contributed by atoms with Gasteiger partial charge >= 0.3 is 0 Å². The van der Waals surface area contributed by atoms with E-state index in [2.05, 4.69) is 15.3 Å². The van der Waals surface area contributed by atoms with Crippen molar-refractivity contribution in [1.29, 1.82) is 0 Å². The van der Waals surface area contributed by atoms with E-state index in [-0.39, 0.29) is 5.91 Å². The van der Waals surface area contributed by atoms with Gasteiger partial charge in [-0.15, -0.1) is 0 Å². The van der Waals surface area contributed by atoms with Gasteiger partial charge in [-0.05, 0) is 32.0 Å². The molecular formula is C13H16N4O. The summed E-state index contributed by atoms with van der Waals surface area (Å²) in [6.45, 7) is 4.14. The van der Waals surface area contributed by atoms with E-state index >= 15 is 0 Å². The fourth-order valence-electron chi connectivity index (χ4n) is 1.51. The van der Waals surface area contributed by atoms with Crippen molar-refractivity contribution in [2.24, 2.45) is 5.73 Å². The second-order valence-electron chi connectivity index (χ2n) is 4.93. The molecule has 2 aromatic rings. The summed E-state index contributed by atoms with van der Waals surface area (Å²) in [4.78, 5) is 20.2. The van der Waals surface area contributed by atoms with E-state index in [9.17, 15) is 4.79 Å². The van der Waals surface area contributed by atoms with Gasteiger partial charge in [0.25, 0.3) is 5.91 Å². The summed E-state index contributed by atoms with van der Waals surface area (Å²) in [7, 11) is 0. The lowest BCUT2D eigenvalue weighted by molar-refractivity contribution is 0.0946. The Hall–Kier alpha value is -2.01. The number of nitrogens with zero attached hydrogens (tertiary/aromatic N) is 2. The smallest absolute Gasteiger partial charge is 0.251 e. The Morgan fingerprint density at radius 2 is 1.94 bits per heavy atom. The van der Waals surface area contributed by atoms with Crippen molar-refractivity contribution in [2.75, 3.05) is 6.54 Å². The fraction of sp³-hybridized carbons (Fsp3) is 0.308. The lowest BCUT2D eigenvalue weighted by atomic mass is 10.1. The maximum Gasteiger partial charge on any atom is 0.251 e. The second-order valence-corrected chi connectivity index (χ2v) is 4.93. The van der Waals surface area contributed by atoms with E-state index in [1.165, 1.54) is 0 Å². The molecule has 2 rings (SSSR count). The molecule has 0 saturated heterocycles. The molecule has 5 heteroatoms. The fourth-order valence-corrected chi connectivity index (χ4v) is 1.51. The molecule has 18 heavy (non-hydrogen) atoms. The van der Waals surface area contributed by atoms with Crippen molar-refractivity contribution in [1.82, 2.24) is 15.3 Å². The molecule has 0 unspecified atom stereocenters. The highest BCUT2D eigenvalue weighted by molar-refractivity contribution is 5.97. The van der Waals surface area contributed by atoms with Crippen LogP contribution in [0.4, 0.5) is 0 Å². The number of rotatable bonds is 3. The zero-order chi connectivity index (χ0) is 13.2. The first-order chi connectivity index (χ1) is 8.46. The molecule has 0 aliphatic heterocycles. The first-order valence-corrected chi connectivity index (χ1v) is 5.73. The number of fused-ring (bicyclic) bond motifs is 1. The number of benzene rings is 1. The van der Waals surface area contributed by atoms with Crippen LogP contribution in [0.25, 0.3) is 11.0 Å². The van der Waals surface area contributed by atoms with Crippen molar-refractivity contribution < 1.29 is 4.79 Å². The van der Waals surface area contributed by atoms with Gasteiger partial charge in [-0.1, -0.05) is 0 Å². The number of amides is 1. The van der Waals surface area contributed by atoms with Gasteiger partial charge in [-0.2, -0.15) is 0 Å². The second kappa shape index (κ2) is 4.70. The van der Waals surface area contributed by atoms with Crippen LogP contribution in [0.3, 0.4) is 0 Å². The molecule has 0 atom stereocenters. The summed E-state index contributed by atoms with van der Waals surface area (Å²) in [5.74, 6) is -0.152. The van der Waals surface area contributed by atoms with Crippen molar-refractivity contribution in [3.05, 3.63) is 36.2 Å². The van der Waals surface area contributed by atoms with Crippen LogP contribution in [-0.2, 0) is 0 Å². The number of hydrogen-bond acceptors (Lipinski definition) is 4. The zero-order valence-corrected chi connectivity index (χ0v) is 10.5. The summed E-state index contributed by atoms with van der Waals surface area (Å²) in [6, 6.07) is 5.24. The Balaban J connectivity index is 2.18. The summed E-state index contributed by atoms with van der Waals surface area (Å²) in [6.07, 6.45) is 3.23. The van der Waals surface area contributed by atoms with E-state index in [0.717, 1.165) is 5.52 Å². The normalized spacial score (nSPS) is 11.5. The quantitative estimate of drug-likeness (QED) is 0.847. The molecule has 1 amide bonds. The van der Waals surface area contributed by atoms with Crippen molar-refractivity contribution in [3.8, 4) is 0 Å². The maximum absolute atomic E-state index is 11.9. The summed E-state index contributed by atoms with van der Waals surface area (Å²) in [5.41, 5.74) is 7.43. The van der Waals surface area contributed by atoms with Gasteiger partial charge < -0.3 is 11.1 Å². The van der Waals surface area contributed by atoms with Crippen molar-refractivity contribution >= 4 is 16.9 Å². The van der Waals surface area contributed by atoms with Gasteiger partial charge in [0.05, 0.1) is 11.0 Å². The SMILES string of the molecule is CC(C)(N)CNC(=O)c1ccc2nccnc2c1. The number of aromatic nitrogens is 2. The number of hydrogen-bond donors (Lipinski definition) is 2. The molecule has 0 radical (unpaired) electrons. The summed E-state index contributed by atoms with van der Waals surface area (Å²) < 4.78 is 0. The molecule has 0 saturated carbocycles. The first kappa shape index (κ1) is 12.4. The van der Waals surface area contributed by atoms with Gasteiger partial charge in [0, 0.05) is 30.0 Å². The number of nitrogens with two attached hydrogens (primary N) is 1. The van der Waals surface area contributed by atoms with Crippen LogP contribution in [0.2, 0.25) is 0 Å². The third kappa shape index (κ3) is 3.01. The van der Waals surface area contributed by atoms with Gasteiger partial charge in [-0.3, -0.25) is 14.8 Å². The average molecular weight is 244 g/mol. The molecule has 94 valence electrons. The predicted molar refractivity (Wildman–Crippen MR) is 70.1 cm³/mol. The topological polar surface area (TPSA) is 80.9 Å². The minimum absolute atomic E-state index is 0.152. The number of nitrogens with one attached hydrogen (secondary N) is 1. The predicted octanol–water partition coefficient (Wildman–Crippen LogP) is 1.10. The number of carbonyl (C=O) groups is 1. The van der Waals surface area contributed by atoms with Crippen LogP contribution >= 0.6 is 0 Å². The van der Waals surface area contributed by atoms with E-state index in [1.807, 2.05) is 13.8 Å². The van der Waals surface area contributed by atoms with Crippen LogP contribution in [0.1, 0.15) is 24.2 Å². The van der Waals surface area contributed by atoms with E-state index in [4.69, 9.17) is 5.73 Å². The Morgan fingerprint density at radius 3 is 2.61 bits per heavy atom. The maximum atomic E-state index is 11.9. The average Bonchev–Trinajstić information content (AvgIpc) is 2.34. The molecule has 0 spiro atoms. The molecule has 1 heterocycles. The van der Waals surface area contributed by atoms with Gasteiger partial charge in [-0.25, -0.2) is 0 Å². The van der Waals surface area contributed by atoms with E-state index < -0.39 is 5.54 Å². The lowest BCUT2D eigenvalue weighted by Crippen LogP contribution is -2.45. The van der Waals surface area contributed by atoms with Gasteiger partial charge in [0.15, 0.2) is 0 Å². The summed E-state index contributed by atoms with van der Waals surface area (Å²) in [5, 5.41) is 2.79. The molecular weight excluding hydrogens is 228 g/mol. The zero-order valence-electron chi connectivity index (χ0n) is 10.5. The molecule has 0 aliphatic carbocycles. The third-order valence-electron chi connectivity index (χ3n) is 2.44. The van der Waals surface area contributed by atoms with Crippen LogP contribution in [0, 0.1) is 0 Å². The van der Waals surface area contributed by atoms with Crippen LogP contribution < -0.4 is 11.1 Å². The van der Waals surface area contributed by atoms with Crippen molar-refractivity contribution in [2.45, 2.75) is 19.4 Å². The van der Waals surface area contributed by atoms with Crippen molar-refractivity contribution in [3.63, 3.8) is 0 Å². The number of carbonyl (C=O) groups excluding carboxylic acids is 1. The Bertz CT molecular complexity index is 574. The minimum atomic E-state index is -0.424. The largest absolute Gasteiger partial charge is 0.350 e. The molecule has 0 aliphatic rings. The van der Waals surface area contributed by atoms with Crippen LogP contribution in [-0.4, -0.2) is 28.0 Å². The van der Waals surface area contributed by atoms with E-state index in [0.29, 0.717) is 17.6 Å². The highest BCUT2D eigenvalue weighted by Crippen LogP contribution is 2.10. The molecule has 5 nitrogen and oxygen atoms in total. The van der Waals surface area contributed by atoms with E-state index in [1.54, 1.807) is 30.6 Å². The Labute approximate surface area is 105 Å². The van der Waals surface area contributed by atoms with Crippen LogP contribution in [0.5, 0.6) is 0 Å². The Morgan fingerprint density at radius 1 is 1.28 bits per heavy atom. The molecule has 1 aromatic heterocycles. The minimum Gasteiger partial charge on any atom is -0.350 e. The summed E-state index contributed by atoms with van der Waals surface area (Å²) >= 11 is 0.